The number of rotatable bonds is 4. The van der Waals surface area contributed by atoms with E-state index in [0.717, 1.165) is 45.5 Å². The van der Waals surface area contributed by atoms with Crippen LogP contribution in [0, 0.1) is 0 Å². The number of sulfone groups is 1. The van der Waals surface area contributed by atoms with Crippen molar-refractivity contribution >= 4 is 44.0 Å². The zero-order valence-corrected chi connectivity index (χ0v) is 27.5. The average Bonchev–Trinajstić information content (AvgIpc) is 3.09. The van der Waals surface area contributed by atoms with Gasteiger partial charge in [-0.25, -0.2) is 8.42 Å². The Bertz CT molecular complexity index is 2020. The minimum Gasteiger partial charge on any atom is -0.308 e. The molecule has 6 nitrogen and oxygen atoms in total. The molecule has 0 N–H and O–H groups in total. The maximum absolute atomic E-state index is 13.9. The number of hydrogen-bond acceptors (Lipinski definition) is 6. The van der Waals surface area contributed by atoms with Gasteiger partial charge in [0.25, 0.3) is 0 Å². The molecule has 8 rings (SSSR count). The SMILES string of the molecule is CC1(C)c2ccccc2N(c2ccc(S(=O)(=O)c3ccc(N4c5ccccc5C(C)(C)c5ncccc54)cc3)cc2)c2cccnc21. The minimum atomic E-state index is -3.77. The molecule has 0 amide bonds. The molecule has 0 saturated carbocycles. The number of pyridine rings is 2. The normalized spacial score (nSPS) is 15.7. The standard InChI is InChI=1S/C40H34N4O2S/c1-39(2)31-11-5-7-13-33(31)43(35-15-9-25-41-37(35)39)27-17-21-29(22-18-27)47(45,46)30-23-19-28(20-24-30)44-34-14-8-6-12-32(34)40(3,4)38-36(44)16-10-26-42-38/h5-26H,1-4H3. The molecule has 0 bridgehead atoms. The van der Waals surface area contributed by atoms with Gasteiger partial charge in [0.2, 0.25) is 9.84 Å². The van der Waals surface area contributed by atoms with Gasteiger partial charge in [0.05, 0.1) is 43.9 Å². The summed E-state index contributed by atoms with van der Waals surface area (Å²) in [5, 5.41) is 0. The van der Waals surface area contributed by atoms with Gasteiger partial charge in [-0.3, -0.25) is 9.97 Å². The van der Waals surface area contributed by atoms with Crippen molar-refractivity contribution in [2.24, 2.45) is 0 Å². The number of nitrogens with zero attached hydrogens (tertiary/aromatic N) is 4. The summed E-state index contributed by atoms with van der Waals surface area (Å²) in [6, 6.07) is 39.0. The summed E-state index contributed by atoms with van der Waals surface area (Å²) < 4.78 is 27.9. The summed E-state index contributed by atoms with van der Waals surface area (Å²) in [6.45, 7) is 8.76. The van der Waals surface area contributed by atoms with Crippen molar-refractivity contribution in [3.05, 3.63) is 156 Å². The smallest absolute Gasteiger partial charge is 0.206 e. The first-order valence-corrected chi connectivity index (χ1v) is 17.2. The van der Waals surface area contributed by atoms with Gasteiger partial charge in [-0.2, -0.15) is 0 Å². The van der Waals surface area contributed by atoms with Crippen LogP contribution in [-0.4, -0.2) is 18.4 Å². The molecule has 2 aliphatic heterocycles. The van der Waals surface area contributed by atoms with Crippen LogP contribution in [0.15, 0.2) is 144 Å². The van der Waals surface area contributed by atoms with Crippen LogP contribution < -0.4 is 9.80 Å². The van der Waals surface area contributed by atoms with E-state index in [0.29, 0.717) is 0 Å². The largest absolute Gasteiger partial charge is 0.308 e. The number of benzene rings is 4. The second kappa shape index (κ2) is 10.4. The van der Waals surface area contributed by atoms with Crippen LogP contribution in [0.5, 0.6) is 0 Å². The fourth-order valence-electron chi connectivity index (χ4n) is 7.27. The third kappa shape index (κ3) is 4.33. The van der Waals surface area contributed by atoms with Gasteiger partial charge in [0.15, 0.2) is 0 Å². The monoisotopic (exact) mass is 634 g/mol. The van der Waals surface area contributed by atoms with Crippen molar-refractivity contribution < 1.29 is 8.42 Å². The van der Waals surface area contributed by atoms with E-state index in [4.69, 9.17) is 9.97 Å². The molecule has 0 aliphatic carbocycles. The van der Waals surface area contributed by atoms with Gasteiger partial charge < -0.3 is 9.80 Å². The van der Waals surface area contributed by atoms with Crippen LogP contribution in [0.25, 0.3) is 0 Å². The second-order valence-electron chi connectivity index (χ2n) is 13.2. The van der Waals surface area contributed by atoms with Crippen LogP contribution in [0.3, 0.4) is 0 Å². The Morgan fingerprint density at radius 2 is 0.830 bits per heavy atom. The van der Waals surface area contributed by atoms with Crippen molar-refractivity contribution in [1.29, 1.82) is 0 Å². The van der Waals surface area contributed by atoms with E-state index in [2.05, 4.69) is 73.9 Å². The molecule has 47 heavy (non-hydrogen) atoms. The molecular formula is C40H34N4O2S. The summed E-state index contributed by atoms with van der Waals surface area (Å²) in [5.74, 6) is 0. The molecule has 0 fully saturated rings. The summed E-state index contributed by atoms with van der Waals surface area (Å²) in [5.41, 5.74) is 9.58. The maximum atomic E-state index is 13.9. The fourth-order valence-corrected chi connectivity index (χ4v) is 8.53. The Morgan fingerprint density at radius 3 is 1.23 bits per heavy atom. The van der Waals surface area contributed by atoms with E-state index in [1.807, 2.05) is 73.1 Å². The summed E-state index contributed by atoms with van der Waals surface area (Å²) in [4.78, 5) is 14.4. The number of anilines is 6. The van der Waals surface area contributed by atoms with Crippen LogP contribution in [-0.2, 0) is 20.7 Å². The molecule has 0 spiro atoms. The zero-order chi connectivity index (χ0) is 32.6. The Balaban J connectivity index is 1.14. The highest BCUT2D eigenvalue weighted by atomic mass is 32.2. The fraction of sp³-hybridized carbons (Fsp3) is 0.150. The highest BCUT2D eigenvalue weighted by molar-refractivity contribution is 7.91. The van der Waals surface area contributed by atoms with Crippen molar-refractivity contribution in [3.8, 4) is 0 Å². The first-order chi connectivity index (χ1) is 22.6. The molecule has 2 aromatic heterocycles. The van der Waals surface area contributed by atoms with E-state index in [1.54, 1.807) is 24.3 Å². The van der Waals surface area contributed by atoms with E-state index in [9.17, 15) is 8.42 Å². The van der Waals surface area contributed by atoms with Gasteiger partial charge in [0, 0.05) is 34.6 Å². The first-order valence-electron chi connectivity index (χ1n) is 15.8. The second-order valence-corrected chi connectivity index (χ2v) is 15.1. The molecule has 6 aromatic rings. The predicted octanol–water partition coefficient (Wildman–Crippen LogP) is 9.53. The van der Waals surface area contributed by atoms with E-state index in [1.165, 1.54) is 11.1 Å². The Morgan fingerprint density at radius 1 is 0.468 bits per heavy atom. The van der Waals surface area contributed by atoms with Crippen molar-refractivity contribution in [2.45, 2.75) is 48.3 Å². The molecule has 0 saturated heterocycles. The average molecular weight is 635 g/mol. The Labute approximate surface area is 275 Å². The lowest BCUT2D eigenvalue weighted by atomic mass is 9.76. The van der Waals surface area contributed by atoms with Crippen LogP contribution in [0.2, 0.25) is 0 Å². The van der Waals surface area contributed by atoms with E-state index < -0.39 is 9.84 Å². The Hall–Kier alpha value is -5.27. The minimum absolute atomic E-state index is 0.241. The number of para-hydroxylation sites is 2. The Kier molecular flexibility index (Phi) is 6.43. The van der Waals surface area contributed by atoms with Gasteiger partial charge in [-0.1, -0.05) is 36.4 Å². The maximum Gasteiger partial charge on any atom is 0.206 e. The lowest BCUT2D eigenvalue weighted by Gasteiger charge is -2.41. The van der Waals surface area contributed by atoms with E-state index in [-0.39, 0.29) is 20.6 Å². The van der Waals surface area contributed by atoms with Gasteiger partial charge in [-0.05, 0) is 124 Å². The number of fused-ring (bicyclic) bond motifs is 4. The third-order valence-corrected chi connectivity index (χ3v) is 11.5. The molecule has 232 valence electrons. The van der Waals surface area contributed by atoms with Gasteiger partial charge >= 0.3 is 0 Å². The summed E-state index contributed by atoms with van der Waals surface area (Å²) in [7, 11) is -3.77. The highest BCUT2D eigenvalue weighted by Crippen LogP contribution is 2.52. The van der Waals surface area contributed by atoms with Crippen molar-refractivity contribution in [2.75, 3.05) is 9.80 Å². The molecule has 2 aliphatic rings. The molecule has 0 unspecified atom stereocenters. The highest BCUT2D eigenvalue weighted by Gasteiger charge is 2.39. The topological polar surface area (TPSA) is 66.4 Å². The van der Waals surface area contributed by atoms with Crippen LogP contribution in [0.4, 0.5) is 34.1 Å². The summed E-state index contributed by atoms with van der Waals surface area (Å²) in [6.07, 6.45) is 3.65. The lowest BCUT2D eigenvalue weighted by molar-refractivity contribution is 0.596. The zero-order valence-electron chi connectivity index (χ0n) is 26.7. The molecule has 4 aromatic carbocycles. The van der Waals surface area contributed by atoms with E-state index >= 15 is 0 Å². The molecule has 7 heteroatoms. The van der Waals surface area contributed by atoms with Crippen molar-refractivity contribution in [1.82, 2.24) is 9.97 Å². The van der Waals surface area contributed by atoms with Crippen molar-refractivity contribution in [3.63, 3.8) is 0 Å². The van der Waals surface area contributed by atoms with Gasteiger partial charge in [-0.15, -0.1) is 0 Å². The number of hydrogen-bond donors (Lipinski definition) is 0. The van der Waals surface area contributed by atoms with Crippen LogP contribution >= 0.6 is 0 Å². The molecular weight excluding hydrogens is 601 g/mol. The summed E-state index contributed by atoms with van der Waals surface area (Å²) >= 11 is 0. The predicted molar refractivity (Wildman–Crippen MR) is 188 cm³/mol. The molecule has 4 heterocycles. The first kappa shape index (κ1) is 29.2. The quantitative estimate of drug-likeness (QED) is 0.192. The molecule has 0 atom stereocenters. The van der Waals surface area contributed by atoms with Gasteiger partial charge in [0.1, 0.15) is 0 Å². The lowest BCUT2D eigenvalue weighted by Crippen LogP contribution is -2.31. The molecule has 0 radical (unpaired) electrons. The number of aromatic nitrogens is 2. The van der Waals surface area contributed by atoms with Crippen LogP contribution in [0.1, 0.15) is 50.2 Å². The third-order valence-electron chi connectivity index (χ3n) is 9.69.